The summed E-state index contributed by atoms with van der Waals surface area (Å²) >= 11 is 0. The summed E-state index contributed by atoms with van der Waals surface area (Å²) in [6.45, 7) is 7.54. The minimum Gasteiger partial charge on any atom is -0.321 e. The predicted octanol–water partition coefficient (Wildman–Crippen LogP) is 3.68. The fraction of sp³-hybridized carbons (Fsp3) is 0.350. The molecule has 0 aliphatic carbocycles. The van der Waals surface area contributed by atoms with Crippen LogP contribution < -0.4 is 5.32 Å². The van der Waals surface area contributed by atoms with Gasteiger partial charge in [-0.2, -0.15) is 0 Å². The molecule has 0 aliphatic heterocycles. The van der Waals surface area contributed by atoms with E-state index in [-0.39, 0.29) is 10.8 Å². The van der Waals surface area contributed by atoms with Crippen LogP contribution in [0.3, 0.4) is 0 Å². The van der Waals surface area contributed by atoms with Crippen molar-refractivity contribution in [3.05, 3.63) is 58.1 Å². The number of carbonyl (C=O) groups excluding carboxylic acids is 1. The number of nitrogens with zero attached hydrogens (tertiary/aromatic N) is 1. The molecule has 2 aromatic rings. The number of hydrogen-bond acceptors (Lipinski definition) is 3. The summed E-state index contributed by atoms with van der Waals surface area (Å²) in [6.07, 6.45) is 0.796. The molecule has 0 aliphatic rings. The summed E-state index contributed by atoms with van der Waals surface area (Å²) in [4.78, 5) is 13.0. The second-order valence-electron chi connectivity index (χ2n) is 6.62. The highest BCUT2D eigenvalue weighted by Gasteiger charge is 2.23. The van der Waals surface area contributed by atoms with Crippen LogP contribution in [-0.4, -0.2) is 32.7 Å². The first kappa shape index (κ1) is 20.1. The second kappa shape index (κ2) is 7.60. The first-order chi connectivity index (χ1) is 12.1. The Morgan fingerprint density at radius 1 is 1.08 bits per heavy atom. The summed E-state index contributed by atoms with van der Waals surface area (Å²) in [5, 5.41) is 2.95. The van der Waals surface area contributed by atoms with Gasteiger partial charge in [0.15, 0.2) is 0 Å². The average Bonchev–Trinajstić information content (AvgIpc) is 2.58. The van der Waals surface area contributed by atoms with Gasteiger partial charge in [0.25, 0.3) is 5.91 Å². The number of hydrogen-bond donors (Lipinski definition) is 1. The van der Waals surface area contributed by atoms with Crippen molar-refractivity contribution in [2.75, 3.05) is 19.4 Å². The minimum absolute atomic E-state index is 0.160. The third kappa shape index (κ3) is 3.81. The van der Waals surface area contributed by atoms with Crippen LogP contribution in [0.1, 0.15) is 39.5 Å². The quantitative estimate of drug-likeness (QED) is 0.868. The van der Waals surface area contributed by atoms with Crippen LogP contribution in [0.5, 0.6) is 0 Å². The summed E-state index contributed by atoms with van der Waals surface area (Å²) < 4.78 is 26.3. The van der Waals surface area contributed by atoms with Gasteiger partial charge in [-0.15, -0.1) is 0 Å². The molecule has 0 unspecified atom stereocenters. The Morgan fingerprint density at radius 3 is 2.31 bits per heavy atom. The van der Waals surface area contributed by atoms with Crippen molar-refractivity contribution < 1.29 is 13.2 Å². The first-order valence-electron chi connectivity index (χ1n) is 8.53. The van der Waals surface area contributed by atoms with Gasteiger partial charge in [0.1, 0.15) is 0 Å². The van der Waals surface area contributed by atoms with Crippen LogP contribution in [0.15, 0.2) is 35.2 Å². The van der Waals surface area contributed by atoms with Gasteiger partial charge >= 0.3 is 0 Å². The molecule has 1 amide bonds. The van der Waals surface area contributed by atoms with Gasteiger partial charge in [-0.05, 0) is 61.6 Å². The molecule has 0 spiro atoms. The van der Waals surface area contributed by atoms with E-state index < -0.39 is 10.0 Å². The van der Waals surface area contributed by atoms with Crippen molar-refractivity contribution in [2.45, 2.75) is 39.0 Å². The number of para-hydroxylation sites is 1. The predicted molar refractivity (Wildman–Crippen MR) is 105 cm³/mol. The Morgan fingerprint density at radius 2 is 1.73 bits per heavy atom. The fourth-order valence-corrected chi connectivity index (χ4v) is 4.03. The van der Waals surface area contributed by atoms with Crippen LogP contribution in [0.2, 0.25) is 0 Å². The molecule has 140 valence electrons. The van der Waals surface area contributed by atoms with Gasteiger partial charge in [0.05, 0.1) is 4.90 Å². The van der Waals surface area contributed by atoms with Crippen LogP contribution >= 0.6 is 0 Å². The van der Waals surface area contributed by atoms with Crippen molar-refractivity contribution >= 4 is 21.6 Å². The van der Waals surface area contributed by atoms with E-state index in [9.17, 15) is 13.2 Å². The highest BCUT2D eigenvalue weighted by atomic mass is 32.2. The van der Waals surface area contributed by atoms with Gasteiger partial charge in [0.2, 0.25) is 10.0 Å². The molecular formula is C20H26N2O3S. The molecule has 0 heterocycles. The molecule has 0 saturated carbocycles. The van der Waals surface area contributed by atoms with E-state index in [0.717, 1.165) is 33.1 Å². The van der Waals surface area contributed by atoms with Gasteiger partial charge in [-0.1, -0.05) is 25.1 Å². The zero-order valence-electron chi connectivity index (χ0n) is 16.2. The molecule has 0 saturated heterocycles. The Hall–Kier alpha value is -2.18. The van der Waals surface area contributed by atoms with E-state index in [2.05, 4.69) is 5.32 Å². The number of benzene rings is 2. The Labute approximate surface area is 156 Å². The number of nitrogens with one attached hydrogen (secondary N) is 1. The summed E-state index contributed by atoms with van der Waals surface area (Å²) in [5.74, 6) is -0.313. The van der Waals surface area contributed by atoms with Gasteiger partial charge in [0, 0.05) is 25.3 Å². The van der Waals surface area contributed by atoms with E-state index in [1.54, 1.807) is 13.0 Å². The molecule has 26 heavy (non-hydrogen) atoms. The number of rotatable bonds is 5. The van der Waals surface area contributed by atoms with E-state index in [0.29, 0.717) is 11.1 Å². The molecule has 0 atom stereocenters. The van der Waals surface area contributed by atoms with Crippen molar-refractivity contribution in [3.63, 3.8) is 0 Å². The van der Waals surface area contributed by atoms with Gasteiger partial charge < -0.3 is 5.32 Å². The monoisotopic (exact) mass is 374 g/mol. The SMILES string of the molecule is CCc1cccc(C)c1NC(=O)c1cc(C)c(C)c(S(=O)(=O)N(C)C)c1. The van der Waals surface area contributed by atoms with Crippen molar-refractivity contribution in [1.29, 1.82) is 0 Å². The summed E-state index contributed by atoms with van der Waals surface area (Å²) in [6, 6.07) is 9.06. The molecule has 5 nitrogen and oxygen atoms in total. The number of sulfonamides is 1. The maximum atomic E-state index is 12.8. The van der Waals surface area contributed by atoms with E-state index in [1.807, 2.05) is 39.0 Å². The third-order valence-corrected chi connectivity index (χ3v) is 6.56. The van der Waals surface area contributed by atoms with Crippen LogP contribution in [-0.2, 0) is 16.4 Å². The van der Waals surface area contributed by atoms with E-state index in [1.165, 1.54) is 20.2 Å². The van der Waals surface area contributed by atoms with Crippen LogP contribution in [0, 0.1) is 20.8 Å². The lowest BCUT2D eigenvalue weighted by Crippen LogP contribution is -2.24. The topological polar surface area (TPSA) is 66.5 Å². The lowest BCUT2D eigenvalue weighted by atomic mass is 10.0. The largest absolute Gasteiger partial charge is 0.321 e. The minimum atomic E-state index is -3.63. The van der Waals surface area contributed by atoms with Crippen LogP contribution in [0.4, 0.5) is 5.69 Å². The third-order valence-electron chi connectivity index (χ3n) is 4.62. The first-order valence-corrected chi connectivity index (χ1v) is 9.97. The molecule has 1 N–H and O–H groups in total. The molecule has 0 fully saturated rings. The van der Waals surface area contributed by atoms with Gasteiger partial charge in [-0.3, -0.25) is 4.79 Å². The number of aryl methyl sites for hydroxylation is 3. The van der Waals surface area contributed by atoms with Gasteiger partial charge in [-0.25, -0.2) is 12.7 Å². The number of carbonyl (C=O) groups is 1. The second-order valence-corrected chi connectivity index (χ2v) is 8.74. The molecule has 6 heteroatoms. The Bertz CT molecular complexity index is 948. The van der Waals surface area contributed by atoms with E-state index in [4.69, 9.17) is 0 Å². The maximum absolute atomic E-state index is 12.8. The standard InChI is InChI=1S/C20H26N2O3S/c1-7-16-10-8-9-13(2)19(16)21-20(23)17-11-14(3)15(4)18(12-17)26(24,25)22(5)6/h8-12H,7H2,1-6H3,(H,21,23). The number of anilines is 1. The zero-order valence-corrected chi connectivity index (χ0v) is 17.0. The van der Waals surface area contributed by atoms with E-state index >= 15 is 0 Å². The molecule has 0 radical (unpaired) electrons. The molecular weight excluding hydrogens is 348 g/mol. The normalized spacial score (nSPS) is 11.7. The van der Waals surface area contributed by atoms with Crippen molar-refractivity contribution in [3.8, 4) is 0 Å². The maximum Gasteiger partial charge on any atom is 0.255 e. The highest BCUT2D eigenvalue weighted by Crippen LogP contribution is 2.26. The average molecular weight is 375 g/mol. The van der Waals surface area contributed by atoms with Crippen molar-refractivity contribution in [1.82, 2.24) is 4.31 Å². The summed E-state index contributed by atoms with van der Waals surface area (Å²) in [7, 11) is -0.659. The molecule has 0 bridgehead atoms. The Balaban J connectivity index is 2.51. The zero-order chi connectivity index (χ0) is 19.6. The fourth-order valence-electron chi connectivity index (χ4n) is 2.81. The van der Waals surface area contributed by atoms with Crippen LogP contribution in [0.25, 0.3) is 0 Å². The number of amides is 1. The molecule has 2 aromatic carbocycles. The van der Waals surface area contributed by atoms with Crippen molar-refractivity contribution in [2.24, 2.45) is 0 Å². The smallest absolute Gasteiger partial charge is 0.255 e. The molecule has 0 aromatic heterocycles. The lowest BCUT2D eigenvalue weighted by Gasteiger charge is -2.17. The summed E-state index contributed by atoms with van der Waals surface area (Å²) in [5.41, 5.74) is 4.55. The lowest BCUT2D eigenvalue weighted by molar-refractivity contribution is 0.102. The molecule has 2 rings (SSSR count). The highest BCUT2D eigenvalue weighted by molar-refractivity contribution is 7.89. The Kier molecular flexibility index (Phi) is 5.88.